The zero-order valence-electron chi connectivity index (χ0n) is 9.91. The van der Waals surface area contributed by atoms with E-state index in [9.17, 15) is 4.79 Å². The maximum absolute atomic E-state index is 11.6. The number of amides is 1. The van der Waals surface area contributed by atoms with Crippen molar-refractivity contribution in [2.75, 3.05) is 19.8 Å². The lowest BCUT2D eigenvalue weighted by Crippen LogP contribution is -2.27. The lowest BCUT2D eigenvalue weighted by Gasteiger charge is -2.05. The third-order valence-electron chi connectivity index (χ3n) is 2.16. The van der Waals surface area contributed by atoms with E-state index >= 15 is 0 Å². The van der Waals surface area contributed by atoms with Crippen LogP contribution in [0.1, 0.15) is 30.1 Å². The SMILES string of the molecule is CCCCOCCNC(=O)c1ccc(Br)nc1. The summed E-state index contributed by atoms with van der Waals surface area (Å²) in [7, 11) is 0. The molecule has 1 rings (SSSR count). The van der Waals surface area contributed by atoms with Crippen molar-refractivity contribution in [2.24, 2.45) is 0 Å². The van der Waals surface area contributed by atoms with Crippen molar-refractivity contribution in [1.29, 1.82) is 0 Å². The van der Waals surface area contributed by atoms with E-state index in [1.54, 1.807) is 12.1 Å². The Morgan fingerprint density at radius 3 is 2.94 bits per heavy atom. The van der Waals surface area contributed by atoms with Crippen molar-refractivity contribution in [2.45, 2.75) is 19.8 Å². The second-order valence-electron chi connectivity index (χ2n) is 3.59. The summed E-state index contributed by atoms with van der Waals surface area (Å²) in [5, 5.41) is 2.78. The van der Waals surface area contributed by atoms with Crippen molar-refractivity contribution in [3.63, 3.8) is 0 Å². The Bertz CT molecular complexity index is 341. The highest BCUT2D eigenvalue weighted by Gasteiger charge is 2.04. The van der Waals surface area contributed by atoms with Crippen LogP contribution < -0.4 is 5.32 Å². The molecule has 0 saturated carbocycles. The maximum Gasteiger partial charge on any atom is 0.252 e. The number of aromatic nitrogens is 1. The summed E-state index contributed by atoms with van der Waals surface area (Å²) >= 11 is 3.22. The summed E-state index contributed by atoms with van der Waals surface area (Å²) in [5.74, 6) is -0.121. The van der Waals surface area contributed by atoms with Crippen molar-refractivity contribution < 1.29 is 9.53 Å². The van der Waals surface area contributed by atoms with Gasteiger partial charge in [-0.3, -0.25) is 4.79 Å². The van der Waals surface area contributed by atoms with Gasteiger partial charge in [-0.15, -0.1) is 0 Å². The van der Waals surface area contributed by atoms with Gasteiger partial charge in [-0.05, 0) is 34.5 Å². The molecule has 0 aromatic carbocycles. The van der Waals surface area contributed by atoms with Gasteiger partial charge in [0, 0.05) is 19.3 Å². The third kappa shape index (κ3) is 5.79. The van der Waals surface area contributed by atoms with E-state index in [-0.39, 0.29) is 5.91 Å². The van der Waals surface area contributed by atoms with Gasteiger partial charge in [0.25, 0.3) is 5.91 Å². The fourth-order valence-electron chi connectivity index (χ4n) is 1.20. The van der Waals surface area contributed by atoms with E-state index in [2.05, 4.69) is 33.2 Å². The first-order valence-electron chi connectivity index (χ1n) is 5.71. The summed E-state index contributed by atoms with van der Waals surface area (Å²) < 4.78 is 6.06. The number of nitrogens with one attached hydrogen (secondary N) is 1. The zero-order valence-corrected chi connectivity index (χ0v) is 11.5. The molecule has 1 amide bonds. The molecule has 1 aromatic heterocycles. The Balaban J connectivity index is 2.19. The van der Waals surface area contributed by atoms with Crippen molar-refractivity contribution >= 4 is 21.8 Å². The maximum atomic E-state index is 11.6. The molecule has 0 saturated heterocycles. The van der Waals surface area contributed by atoms with E-state index in [0.29, 0.717) is 18.7 Å². The molecule has 0 atom stereocenters. The number of unbranched alkanes of at least 4 members (excludes halogenated alkanes) is 1. The number of ether oxygens (including phenoxy) is 1. The fourth-order valence-corrected chi connectivity index (χ4v) is 1.43. The first-order chi connectivity index (χ1) is 8.24. The summed E-state index contributed by atoms with van der Waals surface area (Å²) in [6.45, 7) is 3.95. The van der Waals surface area contributed by atoms with Gasteiger partial charge in [-0.25, -0.2) is 4.98 Å². The highest BCUT2D eigenvalue weighted by atomic mass is 79.9. The zero-order chi connectivity index (χ0) is 12.5. The molecule has 1 heterocycles. The van der Waals surface area contributed by atoms with Crippen molar-refractivity contribution in [3.8, 4) is 0 Å². The predicted molar refractivity (Wildman–Crippen MR) is 70.0 cm³/mol. The standard InChI is InChI=1S/C12H17BrN2O2/c1-2-3-7-17-8-6-14-12(16)10-4-5-11(13)15-9-10/h4-5,9H,2-3,6-8H2,1H3,(H,14,16). The van der Waals surface area contributed by atoms with Gasteiger partial charge < -0.3 is 10.1 Å². The molecular weight excluding hydrogens is 284 g/mol. The molecule has 94 valence electrons. The number of nitrogens with zero attached hydrogens (tertiary/aromatic N) is 1. The number of carbonyl (C=O) groups is 1. The van der Waals surface area contributed by atoms with Crippen molar-refractivity contribution in [3.05, 3.63) is 28.5 Å². The largest absolute Gasteiger partial charge is 0.380 e. The normalized spacial score (nSPS) is 10.2. The van der Waals surface area contributed by atoms with Crippen LogP contribution in [-0.4, -0.2) is 30.6 Å². The summed E-state index contributed by atoms with van der Waals surface area (Å²) in [5.41, 5.74) is 0.557. The van der Waals surface area contributed by atoms with E-state index in [4.69, 9.17) is 4.74 Å². The fraction of sp³-hybridized carbons (Fsp3) is 0.500. The van der Waals surface area contributed by atoms with Crippen LogP contribution in [0.3, 0.4) is 0 Å². The number of halogens is 1. The monoisotopic (exact) mass is 300 g/mol. The quantitative estimate of drug-likeness (QED) is 0.621. The van der Waals surface area contributed by atoms with Crippen LogP contribution in [0.4, 0.5) is 0 Å². The van der Waals surface area contributed by atoms with Crippen LogP contribution in [0.5, 0.6) is 0 Å². The molecule has 0 bridgehead atoms. The van der Waals surface area contributed by atoms with E-state index in [1.807, 2.05) is 0 Å². The minimum Gasteiger partial charge on any atom is -0.380 e. The van der Waals surface area contributed by atoms with Crippen LogP contribution >= 0.6 is 15.9 Å². The third-order valence-corrected chi connectivity index (χ3v) is 2.63. The van der Waals surface area contributed by atoms with Crippen LogP contribution in [-0.2, 0) is 4.74 Å². The lowest BCUT2D eigenvalue weighted by atomic mass is 10.3. The molecule has 1 aromatic rings. The minimum atomic E-state index is -0.121. The number of hydrogen-bond donors (Lipinski definition) is 1. The van der Waals surface area contributed by atoms with Crippen LogP contribution in [0.2, 0.25) is 0 Å². The van der Waals surface area contributed by atoms with Gasteiger partial charge in [0.2, 0.25) is 0 Å². The molecule has 0 spiro atoms. The Morgan fingerprint density at radius 1 is 1.47 bits per heavy atom. The Morgan fingerprint density at radius 2 is 2.29 bits per heavy atom. The molecule has 4 nitrogen and oxygen atoms in total. The van der Waals surface area contributed by atoms with Gasteiger partial charge >= 0.3 is 0 Å². The van der Waals surface area contributed by atoms with Gasteiger partial charge in [-0.2, -0.15) is 0 Å². The summed E-state index contributed by atoms with van der Waals surface area (Å²) in [6, 6.07) is 3.47. The highest BCUT2D eigenvalue weighted by molar-refractivity contribution is 9.10. The van der Waals surface area contributed by atoms with Gasteiger partial charge in [0.1, 0.15) is 4.60 Å². The second kappa shape index (κ2) is 8.20. The van der Waals surface area contributed by atoms with E-state index < -0.39 is 0 Å². The van der Waals surface area contributed by atoms with E-state index in [1.165, 1.54) is 6.20 Å². The molecule has 0 unspecified atom stereocenters. The molecule has 0 aliphatic heterocycles. The smallest absolute Gasteiger partial charge is 0.252 e. The van der Waals surface area contributed by atoms with Crippen LogP contribution in [0, 0.1) is 0 Å². The first-order valence-corrected chi connectivity index (χ1v) is 6.51. The average molecular weight is 301 g/mol. The van der Waals surface area contributed by atoms with E-state index in [0.717, 1.165) is 24.1 Å². The molecule has 1 N–H and O–H groups in total. The molecular formula is C12H17BrN2O2. The Hall–Kier alpha value is -0.940. The lowest BCUT2D eigenvalue weighted by molar-refractivity contribution is 0.0912. The van der Waals surface area contributed by atoms with Gasteiger partial charge in [-0.1, -0.05) is 13.3 Å². The van der Waals surface area contributed by atoms with Crippen molar-refractivity contribution in [1.82, 2.24) is 10.3 Å². The number of carbonyl (C=O) groups excluding carboxylic acids is 1. The molecule has 0 radical (unpaired) electrons. The highest BCUT2D eigenvalue weighted by Crippen LogP contribution is 2.05. The summed E-state index contributed by atoms with van der Waals surface area (Å²) in [6.07, 6.45) is 3.72. The Labute approximate surface area is 110 Å². The van der Waals surface area contributed by atoms with Crippen LogP contribution in [0.15, 0.2) is 22.9 Å². The number of rotatable bonds is 7. The first kappa shape index (κ1) is 14.1. The molecule has 0 fully saturated rings. The minimum absolute atomic E-state index is 0.121. The van der Waals surface area contributed by atoms with Crippen LogP contribution in [0.25, 0.3) is 0 Å². The number of hydrogen-bond acceptors (Lipinski definition) is 3. The molecule has 17 heavy (non-hydrogen) atoms. The topological polar surface area (TPSA) is 51.2 Å². The molecule has 0 aliphatic carbocycles. The second-order valence-corrected chi connectivity index (χ2v) is 4.40. The Kier molecular flexibility index (Phi) is 6.81. The summed E-state index contributed by atoms with van der Waals surface area (Å²) in [4.78, 5) is 15.6. The molecule has 5 heteroatoms. The predicted octanol–water partition coefficient (Wildman–Crippen LogP) is 2.39. The van der Waals surface area contributed by atoms with Gasteiger partial charge in [0.15, 0.2) is 0 Å². The van der Waals surface area contributed by atoms with Gasteiger partial charge in [0.05, 0.1) is 12.2 Å². The number of pyridine rings is 1. The average Bonchev–Trinajstić information content (AvgIpc) is 2.34. The molecule has 0 aliphatic rings.